The summed E-state index contributed by atoms with van der Waals surface area (Å²) in [6.45, 7) is 2.48. The SMILES string of the molecule is Cc1cc(C(=O)N(CCN)CCN)cc(C(F)(F)F)c1. The predicted molar refractivity (Wildman–Crippen MR) is 70.2 cm³/mol. The van der Waals surface area contributed by atoms with Crippen LogP contribution in [0.2, 0.25) is 0 Å². The van der Waals surface area contributed by atoms with Crippen molar-refractivity contribution in [1.82, 2.24) is 4.90 Å². The lowest BCUT2D eigenvalue weighted by molar-refractivity contribution is -0.137. The lowest BCUT2D eigenvalue weighted by atomic mass is 10.0. The molecule has 0 heterocycles. The van der Waals surface area contributed by atoms with Gasteiger partial charge in [-0.2, -0.15) is 13.2 Å². The fraction of sp³-hybridized carbons (Fsp3) is 0.462. The molecule has 7 heteroatoms. The number of nitrogens with two attached hydrogens (primary N) is 2. The highest BCUT2D eigenvalue weighted by molar-refractivity contribution is 5.94. The van der Waals surface area contributed by atoms with E-state index in [9.17, 15) is 18.0 Å². The van der Waals surface area contributed by atoms with E-state index in [4.69, 9.17) is 11.5 Å². The number of aryl methyl sites for hydroxylation is 1. The van der Waals surface area contributed by atoms with E-state index in [1.165, 1.54) is 17.9 Å². The third-order valence-electron chi connectivity index (χ3n) is 2.74. The first-order valence-electron chi connectivity index (χ1n) is 6.18. The second-order valence-corrected chi connectivity index (χ2v) is 4.46. The molecule has 0 aliphatic carbocycles. The third kappa shape index (κ3) is 4.21. The molecule has 1 amide bonds. The molecular weight excluding hydrogens is 271 g/mol. The van der Waals surface area contributed by atoms with Crippen molar-refractivity contribution >= 4 is 5.91 Å². The summed E-state index contributed by atoms with van der Waals surface area (Å²) in [5, 5.41) is 0. The maximum atomic E-state index is 12.7. The van der Waals surface area contributed by atoms with Gasteiger partial charge in [0.05, 0.1) is 5.56 Å². The molecule has 0 fully saturated rings. The maximum Gasteiger partial charge on any atom is 0.416 e. The van der Waals surface area contributed by atoms with Gasteiger partial charge in [-0.15, -0.1) is 0 Å². The lowest BCUT2D eigenvalue weighted by Crippen LogP contribution is -2.38. The van der Waals surface area contributed by atoms with E-state index in [0.717, 1.165) is 12.1 Å². The molecule has 20 heavy (non-hydrogen) atoms. The fourth-order valence-corrected chi connectivity index (χ4v) is 1.88. The molecule has 0 aliphatic heterocycles. The Morgan fingerprint density at radius 1 is 1.15 bits per heavy atom. The van der Waals surface area contributed by atoms with E-state index in [-0.39, 0.29) is 31.7 Å². The lowest BCUT2D eigenvalue weighted by Gasteiger charge is -2.22. The van der Waals surface area contributed by atoms with Gasteiger partial charge >= 0.3 is 6.18 Å². The van der Waals surface area contributed by atoms with Gasteiger partial charge in [0.1, 0.15) is 0 Å². The van der Waals surface area contributed by atoms with Crippen LogP contribution >= 0.6 is 0 Å². The van der Waals surface area contributed by atoms with Crippen molar-refractivity contribution in [2.75, 3.05) is 26.2 Å². The zero-order valence-electron chi connectivity index (χ0n) is 11.2. The van der Waals surface area contributed by atoms with E-state index in [0.29, 0.717) is 5.56 Å². The Morgan fingerprint density at radius 3 is 2.15 bits per heavy atom. The Bertz CT molecular complexity index is 468. The quantitative estimate of drug-likeness (QED) is 0.860. The Labute approximate surface area is 115 Å². The van der Waals surface area contributed by atoms with Crippen molar-refractivity contribution in [3.63, 3.8) is 0 Å². The summed E-state index contributed by atoms with van der Waals surface area (Å²) in [7, 11) is 0. The molecular formula is C13H18F3N3O. The van der Waals surface area contributed by atoms with Crippen LogP contribution in [-0.2, 0) is 6.18 Å². The molecule has 1 rings (SSSR count). The molecule has 112 valence electrons. The Balaban J connectivity index is 3.11. The minimum Gasteiger partial charge on any atom is -0.336 e. The molecule has 0 saturated heterocycles. The molecule has 0 aliphatic rings. The van der Waals surface area contributed by atoms with Crippen LogP contribution in [0.5, 0.6) is 0 Å². The first-order valence-corrected chi connectivity index (χ1v) is 6.18. The van der Waals surface area contributed by atoms with Crippen LogP contribution in [0.15, 0.2) is 18.2 Å². The number of halogens is 3. The van der Waals surface area contributed by atoms with E-state index in [2.05, 4.69) is 0 Å². The van der Waals surface area contributed by atoms with Crippen LogP contribution in [0.1, 0.15) is 21.5 Å². The number of alkyl halides is 3. The molecule has 4 N–H and O–H groups in total. The van der Waals surface area contributed by atoms with Crippen molar-refractivity contribution < 1.29 is 18.0 Å². The molecule has 0 radical (unpaired) electrons. The minimum atomic E-state index is -4.48. The minimum absolute atomic E-state index is 0.000718. The summed E-state index contributed by atoms with van der Waals surface area (Å²) >= 11 is 0. The van der Waals surface area contributed by atoms with Crippen molar-refractivity contribution in [2.24, 2.45) is 11.5 Å². The largest absolute Gasteiger partial charge is 0.416 e. The summed E-state index contributed by atoms with van der Waals surface area (Å²) in [6.07, 6.45) is -4.48. The Kier molecular flexibility index (Phi) is 5.52. The third-order valence-corrected chi connectivity index (χ3v) is 2.74. The van der Waals surface area contributed by atoms with Gasteiger partial charge in [0.15, 0.2) is 0 Å². The van der Waals surface area contributed by atoms with E-state index in [1.54, 1.807) is 0 Å². The Hall–Kier alpha value is -1.60. The normalized spacial score (nSPS) is 11.5. The molecule has 1 aromatic rings. The molecule has 0 aromatic heterocycles. The van der Waals surface area contributed by atoms with Gasteiger partial charge in [-0.3, -0.25) is 4.79 Å². The number of carbonyl (C=O) groups excluding carboxylic acids is 1. The number of amides is 1. The molecule has 0 saturated carbocycles. The first-order chi connectivity index (χ1) is 9.29. The zero-order chi connectivity index (χ0) is 15.3. The Morgan fingerprint density at radius 2 is 1.70 bits per heavy atom. The van der Waals surface area contributed by atoms with Crippen molar-refractivity contribution in [3.05, 3.63) is 34.9 Å². The second-order valence-electron chi connectivity index (χ2n) is 4.46. The summed E-state index contributed by atoms with van der Waals surface area (Å²) in [4.78, 5) is 13.6. The predicted octanol–water partition coefficient (Wildman–Crippen LogP) is 1.37. The van der Waals surface area contributed by atoms with Crippen LogP contribution in [0.25, 0.3) is 0 Å². The van der Waals surface area contributed by atoms with Crippen molar-refractivity contribution in [1.29, 1.82) is 0 Å². The molecule has 4 nitrogen and oxygen atoms in total. The first kappa shape index (κ1) is 16.5. The molecule has 0 bridgehead atoms. The maximum absolute atomic E-state index is 12.7. The van der Waals surface area contributed by atoms with Crippen LogP contribution in [0.3, 0.4) is 0 Å². The molecule has 0 spiro atoms. The smallest absolute Gasteiger partial charge is 0.336 e. The molecule has 0 unspecified atom stereocenters. The average molecular weight is 289 g/mol. The van der Waals surface area contributed by atoms with Gasteiger partial charge < -0.3 is 16.4 Å². The number of hydrogen-bond donors (Lipinski definition) is 2. The van der Waals surface area contributed by atoms with Crippen molar-refractivity contribution in [3.8, 4) is 0 Å². The zero-order valence-corrected chi connectivity index (χ0v) is 11.2. The van der Waals surface area contributed by atoms with Gasteiger partial charge in [-0.1, -0.05) is 0 Å². The van der Waals surface area contributed by atoms with E-state index in [1.807, 2.05) is 0 Å². The van der Waals surface area contributed by atoms with Gasteiger partial charge in [-0.05, 0) is 30.7 Å². The monoisotopic (exact) mass is 289 g/mol. The summed E-state index contributed by atoms with van der Waals surface area (Å²) in [5.74, 6) is -0.491. The summed E-state index contributed by atoms with van der Waals surface area (Å²) in [6, 6.07) is 3.29. The van der Waals surface area contributed by atoms with Gasteiger partial charge in [-0.25, -0.2) is 0 Å². The van der Waals surface area contributed by atoms with E-state index >= 15 is 0 Å². The number of carbonyl (C=O) groups is 1. The van der Waals surface area contributed by atoms with Gasteiger partial charge in [0.25, 0.3) is 5.91 Å². The average Bonchev–Trinajstić information content (AvgIpc) is 2.36. The van der Waals surface area contributed by atoms with Gasteiger partial charge in [0.2, 0.25) is 0 Å². The second kappa shape index (κ2) is 6.71. The standard InChI is InChI=1S/C13H18F3N3O/c1-9-6-10(8-11(7-9)13(14,15)16)12(20)19(4-2-17)5-3-18/h6-8H,2-5,17-18H2,1H3. The molecule has 1 aromatic carbocycles. The summed E-state index contributed by atoms with van der Waals surface area (Å²) < 4.78 is 38.2. The molecule has 0 atom stereocenters. The van der Waals surface area contributed by atoms with Crippen LogP contribution < -0.4 is 11.5 Å². The van der Waals surface area contributed by atoms with Crippen LogP contribution in [-0.4, -0.2) is 37.0 Å². The van der Waals surface area contributed by atoms with Gasteiger partial charge in [0, 0.05) is 31.7 Å². The topological polar surface area (TPSA) is 72.3 Å². The highest BCUT2D eigenvalue weighted by atomic mass is 19.4. The fourth-order valence-electron chi connectivity index (χ4n) is 1.88. The number of rotatable bonds is 5. The highest BCUT2D eigenvalue weighted by Gasteiger charge is 2.31. The van der Waals surface area contributed by atoms with Crippen LogP contribution in [0, 0.1) is 6.92 Å². The number of hydrogen-bond acceptors (Lipinski definition) is 3. The van der Waals surface area contributed by atoms with Crippen molar-refractivity contribution in [2.45, 2.75) is 13.1 Å². The highest BCUT2D eigenvalue weighted by Crippen LogP contribution is 2.30. The number of benzene rings is 1. The summed E-state index contributed by atoms with van der Waals surface area (Å²) in [5.41, 5.74) is 10.3. The van der Waals surface area contributed by atoms with Crippen LogP contribution in [0.4, 0.5) is 13.2 Å². The number of nitrogens with zero attached hydrogens (tertiary/aromatic N) is 1. The van der Waals surface area contributed by atoms with E-state index < -0.39 is 17.6 Å².